The van der Waals surface area contributed by atoms with E-state index in [2.05, 4.69) is 0 Å². The van der Waals surface area contributed by atoms with E-state index in [4.69, 9.17) is 25.6 Å². The maximum atomic E-state index is 11.0. The van der Waals surface area contributed by atoms with E-state index in [1.54, 1.807) is 6.07 Å². The molecule has 2 rings (SSSR count). The van der Waals surface area contributed by atoms with Crippen molar-refractivity contribution in [2.45, 2.75) is 52.4 Å². The van der Waals surface area contributed by atoms with Crippen LogP contribution in [0.15, 0.2) is 18.2 Å². The average Bonchev–Trinajstić information content (AvgIpc) is 2.55. The molecule has 4 nitrogen and oxygen atoms in total. The third-order valence-electron chi connectivity index (χ3n) is 4.06. The fraction of sp³-hybridized carbons (Fsp3) is 0.533. The minimum Gasteiger partial charge on any atom is -0.461 e. The van der Waals surface area contributed by atoms with Crippen LogP contribution in [0.2, 0.25) is 5.02 Å². The average molecular weight is 311 g/mol. The first kappa shape index (κ1) is 16.3. The van der Waals surface area contributed by atoms with Crippen molar-refractivity contribution in [1.82, 2.24) is 0 Å². The molecular weight excluding hydrogens is 290 g/mol. The Kier molecular flexibility index (Phi) is 4.38. The van der Waals surface area contributed by atoms with Crippen LogP contribution < -0.4 is 5.46 Å². The summed E-state index contributed by atoms with van der Waals surface area (Å²) in [4.78, 5) is 11.0. The number of carbonyl (C=O) groups excluding carboxylic acids is 1. The molecule has 114 valence electrons. The van der Waals surface area contributed by atoms with Gasteiger partial charge in [-0.2, -0.15) is 0 Å². The maximum absolute atomic E-state index is 11.0. The lowest BCUT2D eigenvalue weighted by Crippen LogP contribution is -2.41. The number of esters is 1. The zero-order valence-electron chi connectivity index (χ0n) is 13.0. The summed E-state index contributed by atoms with van der Waals surface area (Å²) in [7, 11) is -0.575. The second kappa shape index (κ2) is 5.63. The largest absolute Gasteiger partial charge is 0.496 e. The van der Waals surface area contributed by atoms with Gasteiger partial charge in [0.2, 0.25) is 0 Å². The van der Waals surface area contributed by atoms with E-state index >= 15 is 0 Å². The first-order valence-corrected chi connectivity index (χ1v) is 7.28. The van der Waals surface area contributed by atoms with Crippen molar-refractivity contribution in [3.8, 4) is 0 Å². The van der Waals surface area contributed by atoms with Crippen LogP contribution >= 0.6 is 11.6 Å². The summed E-state index contributed by atoms with van der Waals surface area (Å²) in [5.74, 6) is -0.338. The molecule has 0 aromatic heterocycles. The second-order valence-electron chi connectivity index (χ2n) is 6.18. The number of hydrogen-bond donors (Lipinski definition) is 0. The predicted octanol–water partition coefficient (Wildman–Crippen LogP) is 2.70. The molecule has 6 heteroatoms. The molecule has 0 N–H and O–H groups in total. The van der Waals surface area contributed by atoms with E-state index < -0.39 is 18.3 Å². The highest BCUT2D eigenvalue weighted by atomic mass is 35.5. The van der Waals surface area contributed by atoms with Crippen LogP contribution in [0.3, 0.4) is 0 Å². The van der Waals surface area contributed by atoms with Crippen LogP contribution in [-0.4, -0.2) is 24.3 Å². The fourth-order valence-electron chi connectivity index (χ4n) is 2.11. The van der Waals surface area contributed by atoms with Crippen LogP contribution in [0.25, 0.3) is 0 Å². The Balaban J connectivity index is 2.34. The van der Waals surface area contributed by atoms with E-state index in [-0.39, 0.29) is 12.6 Å². The van der Waals surface area contributed by atoms with Crippen LogP contribution in [0.4, 0.5) is 0 Å². The van der Waals surface area contributed by atoms with Gasteiger partial charge < -0.3 is 14.0 Å². The standard InChI is InChI=1S/C15H20BClO4/c1-10(18)19-9-11-7-6-8-12(17)13(11)16-20-14(2,3)15(4,5)21-16/h6-8H,9H2,1-5H3. The van der Waals surface area contributed by atoms with Crippen molar-refractivity contribution in [1.29, 1.82) is 0 Å². The smallest absolute Gasteiger partial charge is 0.461 e. The Morgan fingerprint density at radius 1 is 1.24 bits per heavy atom. The summed E-state index contributed by atoms with van der Waals surface area (Å²) < 4.78 is 17.1. The molecule has 0 aliphatic carbocycles. The molecule has 0 bridgehead atoms. The minimum absolute atomic E-state index is 0.148. The number of halogens is 1. The van der Waals surface area contributed by atoms with Gasteiger partial charge in [-0.15, -0.1) is 0 Å². The van der Waals surface area contributed by atoms with E-state index in [0.717, 1.165) is 11.0 Å². The first-order valence-electron chi connectivity index (χ1n) is 6.90. The van der Waals surface area contributed by atoms with Gasteiger partial charge in [-0.25, -0.2) is 0 Å². The highest BCUT2D eigenvalue weighted by Gasteiger charge is 2.52. The molecule has 1 aliphatic heterocycles. The third kappa shape index (κ3) is 3.25. The quantitative estimate of drug-likeness (QED) is 0.636. The van der Waals surface area contributed by atoms with Gasteiger partial charge in [-0.1, -0.05) is 23.7 Å². The molecule has 0 spiro atoms. The van der Waals surface area contributed by atoms with Crippen LogP contribution in [-0.2, 0) is 25.4 Å². The van der Waals surface area contributed by atoms with Gasteiger partial charge in [0, 0.05) is 17.4 Å². The lowest BCUT2D eigenvalue weighted by Gasteiger charge is -2.32. The summed E-state index contributed by atoms with van der Waals surface area (Å²) in [5, 5.41) is 0.540. The predicted molar refractivity (Wildman–Crippen MR) is 82.6 cm³/mol. The monoisotopic (exact) mass is 310 g/mol. The molecule has 1 aromatic rings. The molecule has 1 saturated heterocycles. The normalized spacial score (nSPS) is 19.6. The van der Waals surface area contributed by atoms with Crippen molar-refractivity contribution >= 4 is 30.2 Å². The molecule has 0 amide bonds. The number of carbonyl (C=O) groups is 1. The molecule has 0 atom stereocenters. The Morgan fingerprint density at radius 2 is 1.81 bits per heavy atom. The minimum atomic E-state index is -0.575. The highest BCUT2D eigenvalue weighted by molar-refractivity contribution is 6.66. The van der Waals surface area contributed by atoms with Gasteiger partial charge in [-0.3, -0.25) is 4.79 Å². The topological polar surface area (TPSA) is 44.8 Å². The SMILES string of the molecule is CC(=O)OCc1cccc(Cl)c1B1OC(C)(C)C(C)(C)O1. The van der Waals surface area contributed by atoms with Crippen molar-refractivity contribution in [3.05, 3.63) is 28.8 Å². The number of ether oxygens (including phenoxy) is 1. The fourth-order valence-corrected chi connectivity index (χ4v) is 2.40. The molecular formula is C15H20BClO4. The zero-order chi connectivity index (χ0) is 15.8. The van der Waals surface area contributed by atoms with Crippen LogP contribution in [0, 0.1) is 0 Å². The maximum Gasteiger partial charge on any atom is 0.496 e. The Labute approximate surface area is 130 Å². The van der Waals surface area contributed by atoms with E-state index in [1.807, 2.05) is 39.8 Å². The van der Waals surface area contributed by atoms with Gasteiger partial charge in [0.25, 0.3) is 0 Å². The van der Waals surface area contributed by atoms with Gasteiger partial charge in [0.15, 0.2) is 0 Å². The number of rotatable bonds is 3. The Morgan fingerprint density at radius 3 is 2.33 bits per heavy atom. The molecule has 1 heterocycles. The third-order valence-corrected chi connectivity index (χ3v) is 4.39. The molecule has 1 aromatic carbocycles. The van der Waals surface area contributed by atoms with Crippen molar-refractivity contribution < 1.29 is 18.8 Å². The lowest BCUT2D eigenvalue weighted by atomic mass is 9.76. The van der Waals surface area contributed by atoms with Crippen LogP contribution in [0.5, 0.6) is 0 Å². The molecule has 1 aliphatic rings. The lowest BCUT2D eigenvalue weighted by molar-refractivity contribution is -0.142. The van der Waals surface area contributed by atoms with Gasteiger partial charge in [0.1, 0.15) is 6.61 Å². The second-order valence-corrected chi connectivity index (χ2v) is 6.59. The molecule has 0 saturated carbocycles. The van der Waals surface area contributed by atoms with Crippen molar-refractivity contribution in [3.63, 3.8) is 0 Å². The number of hydrogen-bond acceptors (Lipinski definition) is 4. The van der Waals surface area contributed by atoms with Gasteiger partial charge in [0.05, 0.1) is 11.2 Å². The molecule has 21 heavy (non-hydrogen) atoms. The van der Waals surface area contributed by atoms with Gasteiger partial charge >= 0.3 is 13.1 Å². The van der Waals surface area contributed by atoms with E-state index in [9.17, 15) is 4.79 Å². The first-order chi connectivity index (χ1) is 9.64. The van der Waals surface area contributed by atoms with Gasteiger partial charge in [-0.05, 0) is 39.3 Å². The van der Waals surface area contributed by atoms with E-state index in [0.29, 0.717) is 5.02 Å². The summed E-state index contributed by atoms with van der Waals surface area (Å²) in [6.45, 7) is 9.45. The summed E-state index contributed by atoms with van der Waals surface area (Å²) in [6.07, 6.45) is 0. The molecule has 0 radical (unpaired) electrons. The highest BCUT2D eigenvalue weighted by Crippen LogP contribution is 2.37. The zero-order valence-corrected chi connectivity index (χ0v) is 13.8. The summed E-state index contributed by atoms with van der Waals surface area (Å²) >= 11 is 6.31. The molecule has 1 fully saturated rings. The Bertz CT molecular complexity index is 541. The van der Waals surface area contributed by atoms with E-state index in [1.165, 1.54) is 6.92 Å². The van der Waals surface area contributed by atoms with Crippen LogP contribution in [0.1, 0.15) is 40.2 Å². The Hall–Kier alpha value is -1.04. The van der Waals surface area contributed by atoms with Crippen molar-refractivity contribution in [2.75, 3.05) is 0 Å². The molecule has 0 unspecified atom stereocenters. The summed E-state index contributed by atoms with van der Waals surface area (Å²) in [5.41, 5.74) is 0.612. The van der Waals surface area contributed by atoms with Crippen molar-refractivity contribution in [2.24, 2.45) is 0 Å². The number of benzene rings is 1. The summed E-state index contributed by atoms with van der Waals surface area (Å²) in [6, 6.07) is 5.45.